The van der Waals surface area contributed by atoms with Crippen molar-refractivity contribution in [2.75, 3.05) is 19.7 Å². The highest BCUT2D eigenvalue weighted by Crippen LogP contribution is 2.24. The summed E-state index contributed by atoms with van der Waals surface area (Å²) in [6, 6.07) is 10.5. The largest absolute Gasteiger partial charge is 0.466 e. The van der Waals surface area contributed by atoms with E-state index in [1.54, 1.807) is 0 Å². The van der Waals surface area contributed by atoms with Crippen molar-refractivity contribution in [2.45, 2.75) is 47.1 Å². The Morgan fingerprint density at radius 3 is 2.54 bits per heavy atom. The quantitative estimate of drug-likeness (QED) is 0.738. The number of piperidine rings is 1. The number of likely N-dealkylation sites (tertiary alicyclic amines) is 1. The number of carbonyl (C=O) groups excluding carboxylic acids is 2. The van der Waals surface area contributed by atoms with Gasteiger partial charge in [-0.05, 0) is 57.7 Å². The topological polar surface area (TPSA) is 51.5 Å². The van der Waals surface area contributed by atoms with Gasteiger partial charge in [-0.25, -0.2) is 0 Å². The van der Waals surface area contributed by atoms with Crippen molar-refractivity contribution in [3.8, 4) is 0 Å². The first-order valence-electron chi connectivity index (χ1n) is 10.1. The molecule has 1 atom stereocenters. The number of hydrogen-bond donors (Lipinski definition) is 0. The van der Waals surface area contributed by atoms with Crippen LogP contribution in [0.3, 0.4) is 0 Å². The van der Waals surface area contributed by atoms with E-state index in [1.165, 1.54) is 11.1 Å². The van der Waals surface area contributed by atoms with Gasteiger partial charge in [0, 0.05) is 25.3 Å². The molecule has 3 rings (SSSR count). The van der Waals surface area contributed by atoms with E-state index in [0.29, 0.717) is 26.2 Å². The second kappa shape index (κ2) is 8.63. The van der Waals surface area contributed by atoms with Crippen LogP contribution in [-0.2, 0) is 16.1 Å². The molecule has 0 radical (unpaired) electrons. The minimum absolute atomic E-state index is 0.00621. The van der Waals surface area contributed by atoms with Gasteiger partial charge in [-0.1, -0.05) is 29.8 Å². The van der Waals surface area contributed by atoms with Crippen LogP contribution in [0.2, 0.25) is 0 Å². The number of hydrogen-bond acceptors (Lipinski definition) is 3. The van der Waals surface area contributed by atoms with Crippen molar-refractivity contribution in [1.82, 2.24) is 9.47 Å². The summed E-state index contributed by atoms with van der Waals surface area (Å²) in [5, 5.41) is 0. The summed E-state index contributed by atoms with van der Waals surface area (Å²) in [4.78, 5) is 27.3. The molecule has 1 unspecified atom stereocenters. The average Bonchev–Trinajstić information content (AvgIpc) is 2.96. The fourth-order valence-corrected chi connectivity index (χ4v) is 3.98. The number of carbonyl (C=O) groups is 2. The lowest BCUT2D eigenvalue weighted by molar-refractivity contribution is -0.149. The molecule has 1 amide bonds. The molecule has 1 fully saturated rings. The third kappa shape index (κ3) is 4.29. The lowest BCUT2D eigenvalue weighted by Gasteiger charge is -2.32. The van der Waals surface area contributed by atoms with Gasteiger partial charge in [-0.15, -0.1) is 0 Å². The molecule has 1 saturated heterocycles. The molecule has 5 heteroatoms. The van der Waals surface area contributed by atoms with Crippen molar-refractivity contribution in [1.29, 1.82) is 0 Å². The molecule has 0 aliphatic carbocycles. The molecule has 0 spiro atoms. The maximum absolute atomic E-state index is 13.4. The summed E-state index contributed by atoms with van der Waals surface area (Å²) >= 11 is 0. The highest BCUT2D eigenvalue weighted by atomic mass is 16.5. The van der Waals surface area contributed by atoms with Crippen molar-refractivity contribution < 1.29 is 14.3 Å². The second-order valence-electron chi connectivity index (χ2n) is 7.73. The standard InChI is InChI=1S/C23H30N2O3/c1-5-28-23(27)20-7-6-12-24(15-20)22(26)21-17(3)13-18(4)25(21)14-19-10-8-16(2)9-11-19/h8-11,13,20H,5-7,12,14-15H2,1-4H3. The Hall–Kier alpha value is -2.56. The third-order valence-corrected chi connectivity index (χ3v) is 5.49. The number of benzene rings is 1. The van der Waals surface area contributed by atoms with Gasteiger partial charge in [0.15, 0.2) is 0 Å². The smallest absolute Gasteiger partial charge is 0.310 e. The Morgan fingerprint density at radius 1 is 1.14 bits per heavy atom. The molecule has 150 valence electrons. The number of nitrogens with zero attached hydrogens (tertiary/aromatic N) is 2. The Morgan fingerprint density at radius 2 is 1.86 bits per heavy atom. The predicted molar refractivity (Wildman–Crippen MR) is 109 cm³/mol. The lowest BCUT2D eigenvalue weighted by Crippen LogP contribution is -2.43. The number of aromatic nitrogens is 1. The van der Waals surface area contributed by atoms with Crippen LogP contribution in [0.15, 0.2) is 30.3 Å². The first kappa shape index (κ1) is 20.2. The minimum atomic E-state index is -0.223. The summed E-state index contributed by atoms with van der Waals surface area (Å²) in [6.07, 6.45) is 1.61. The Kier molecular flexibility index (Phi) is 6.22. The molecule has 28 heavy (non-hydrogen) atoms. The van der Waals surface area contributed by atoms with Crippen LogP contribution in [0.4, 0.5) is 0 Å². The number of aryl methyl sites for hydroxylation is 3. The average molecular weight is 383 g/mol. The molecule has 0 bridgehead atoms. The van der Waals surface area contributed by atoms with Gasteiger partial charge in [0.2, 0.25) is 0 Å². The van der Waals surface area contributed by atoms with E-state index in [2.05, 4.69) is 41.8 Å². The second-order valence-corrected chi connectivity index (χ2v) is 7.73. The molecular formula is C23H30N2O3. The molecule has 1 aliphatic rings. The highest BCUT2D eigenvalue weighted by molar-refractivity contribution is 5.95. The van der Waals surface area contributed by atoms with Crippen LogP contribution in [0.25, 0.3) is 0 Å². The van der Waals surface area contributed by atoms with Crippen molar-refractivity contribution in [3.63, 3.8) is 0 Å². The van der Waals surface area contributed by atoms with Crippen molar-refractivity contribution in [2.24, 2.45) is 5.92 Å². The number of ether oxygens (including phenoxy) is 1. The van der Waals surface area contributed by atoms with E-state index in [4.69, 9.17) is 4.74 Å². The van der Waals surface area contributed by atoms with E-state index in [1.807, 2.05) is 25.7 Å². The normalized spacial score (nSPS) is 16.9. The molecule has 1 aromatic carbocycles. The van der Waals surface area contributed by atoms with Gasteiger partial charge in [0.25, 0.3) is 5.91 Å². The fraction of sp³-hybridized carbons (Fsp3) is 0.478. The van der Waals surface area contributed by atoms with Gasteiger partial charge in [0.05, 0.1) is 12.5 Å². The Labute approximate surface area is 167 Å². The third-order valence-electron chi connectivity index (χ3n) is 5.49. The predicted octanol–water partition coefficient (Wildman–Crippen LogP) is 3.88. The molecule has 1 aromatic heterocycles. The van der Waals surface area contributed by atoms with E-state index < -0.39 is 0 Å². The van der Waals surface area contributed by atoms with Crippen LogP contribution < -0.4 is 0 Å². The zero-order valence-electron chi connectivity index (χ0n) is 17.3. The van der Waals surface area contributed by atoms with Gasteiger partial charge in [-0.3, -0.25) is 9.59 Å². The maximum atomic E-state index is 13.4. The van der Waals surface area contributed by atoms with E-state index in [0.717, 1.165) is 29.8 Å². The van der Waals surface area contributed by atoms with E-state index >= 15 is 0 Å². The lowest BCUT2D eigenvalue weighted by atomic mass is 9.97. The van der Waals surface area contributed by atoms with Crippen LogP contribution in [0, 0.1) is 26.7 Å². The fourth-order valence-electron chi connectivity index (χ4n) is 3.98. The van der Waals surface area contributed by atoms with Gasteiger partial charge < -0.3 is 14.2 Å². The zero-order chi connectivity index (χ0) is 20.3. The minimum Gasteiger partial charge on any atom is -0.466 e. The molecule has 2 heterocycles. The number of rotatable bonds is 5. The molecule has 0 N–H and O–H groups in total. The maximum Gasteiger partial charge on any atom is 0.310 e. The van der Waals surface area contributed by atoms with Crippen LogP contribution in [0.5, 0.6) is 0 Å². The van der Waals surface area contributed by atoms with E-state index in [-0.39, 0.29) is 17.8 Å². The molecule has 1 aliphatic heterocycles. The first-order chi connectivity index (χ1) is 13.4. The SMILES string of the molecule is CCOC(=O)C1CCCN(C(=O)c2c(C)cc(C)n2Cc2ccc(C)cc2)C1. The monoisotopic (exact) mass is 382 g/mol. The first-order valence-corrected chi connectivity index (χ1v) is 10.1. The zero-order valence-corrected chi connectivity index (χ0v) is 17.3. The van der Waals surface area contributed by atoms with Gasteiger partial charge in [-0.2, -0.15) is 0 Å². The van der Waals surface area contributed by atoms with Crippen LogP contribution in [0.1, 0.15) is 52.6 Å². The summed E-state index contributed by atoms with van der Waals surface area (Å²) in [6.45, 7) is 10.1. The Balaban J connectivity index is 1.83. The van der Waals surface area contributed by atoms with Crippen molar-refractivity contribution >= 4 is 11.9 Å². The number of esters is 1. The molecular weight excluding hydrogens is 352 g/mol. The molecule has 0 saturated carbocycles. The summed E-state index contributed by atoms with van der Waals surface area (Å²) < 4.78 is 7.27. The van der Waals surface area contributed by atoms with Crippen molar-refractivity contribution in [3.05, 3.63) is 58.4 Å². The number of amides is 1. The van der Waals surface area contributed by atoms with Crippen LogP contribution >= 0.6 is 0 Å². The van der Waals surface area contributed by atoms with Gasteiger partial charge in [0.1, 0.15) is 5.69 Å². The summed E-state index contributed by atoms with van der Waals surface area (Å²) in [5.74, 6) is -0.408. The van der Waals surface area contributed by atoms with Gasteiger partial charge >= 0.3 is 5.97 Å². The molecule has 5 nitrogen and oxygen atoms in total. The summed E-state index contributed by atoms with van der Waals surface area (Å²) in [7, 11) is 0. The Bertz CT molecular complexity index is 851. The van der Waals surface area contributed by atoms with E-state index in [9.17, 15) is 9.59 Å². The van der Waals surface area contributed by atoms with Crippen LogP contribution in [-0.4, -0.2) is 41.0 Å². The summed E-state index contributed by atoms with van der Waals surface area (Å²) in [5.41, 5.74) is 5.16. The highest BCUT2D eigenvalue weighted by Gasteiger charge is 2.31. The molecule has 2 aromatic rings.